The van der Waals surface area contributed by atoms with E-state index in [9.17, 15) is 0 Å². The topological polar surface area (TPSA) is 15.3 Å². The zero-order chi connectivity index (χ0) is 12.8. The molecular weight excluding hydrogens is 220 g/mol. The first-order chi connectivity index (χ1) is 8.77. The maximum absolute atomic E-state index is 3.86. The van der Waals surface area contributed by atoms with Crippen LogP contribution in [0.2, 0.25) is 0 Å². The summed E-state index contributed by atoms with van der Waals surface area (Å²) in [6, 6.07) is 0.821. The molecular formula is C16H32N2. The van der Waals surface area contributed by atoms with Crippen molar-refractivity contribution in [2.75, 3.05) is 27.2 Å². The van der Waals surface area contributed by atoms with Gasteiger partial charge in [-0.3, -0.25) is 0 Å². The zero-order valence-electron chi connectivity index (χ0n) is 12.5. The Morgan fingerprint density at radius 3 is 2.28 bits per heavy atom. The number of rotatable bonds is 5. The van der Waals surface area contributed by atoms with Gasteiger partial charge in [-0.15, -0.1) is 0 Å². The summed E-state index contributed by atoms with van der Waals surface area (Å²) >= 11 is 0. The van der Waals surface area contributed by atoms with Crippen LogP contribution in [0.5, 0.6) is 0 Å². The van der Waals surface area contributed by atoms with E-state index in [1.54, 1.807) is 0 Å². The quantitative estimate of drug-likeness (QED) is 0.808. The van der Waals surface area contributed by atoms with E-state index in [2.05, 4.69) is 24.3 Å². The van der Waals surface area contributed by atoms with E-state index in [1.165, 1.54) is 70.9 Å². The molecule has 0 aliphatic heterocycles. The van der Waals surface area contributed by atoms with Gasteiger partial charge < -0.3 is 10.2 Å². The van der Waals surface area contributed by atoms with E-state index in [0.29, 0.717) is 0 Å². The van der Waals surface area contributed by atoms with Gasteiger partial charge in [-0.05, 0) is 38.8 Å². The van der Waals surface area contributed by atoms with Gasteiger partial charge >= 0.3 is 0 Å². The van der Waals surface area contributed by atoms with E-state index < -0.39 is 0 Å². The summed E-state index contributed by atoms with van der Waals surface area (Å²) in [6.45, 7) is 2.34. The van der Waals surface area contributed by atoms with Gasteiger partial charge in [0.25, 0.3) is 0 Å². The average molecular weight is 252 g/mol. The van der Waals surface area contributed by atoms with Crippen LogP contribution in [0.25, 0.3) is 0 Å². The van der Waals surface area contributed by atoms with Gasteiger partial charge in [-0.1, -0.05) is 44.9 Å². The van der Waals surface area contributed by atoms with Gasteiger partial charge in [0.15, 0.2) is 0 Å². The van der Waals surface area contributed by atoms with Crippen LogP contribution in [0.1, 0.15) is 57.8 Å². The minimum atomic E-state index is 0.821. The molecule has 2 aliphatic rings. The summed E-state index contributed by atoms with van der Waals surface area (Å²) in [7, 11) is 4.34. The second-order valence-electron chi connectivity index (χ2n) is 6.71. The number of likely N-dealkylation sites (N-methyl/N-ethyl adjacent to an activating group) is 1. The molecule has 106 valence electrons. The Labute approximate surface area is 114 Å². The maximum Gasteiger partial charge on any atom is 0.0101 e. The predicted molar refractivity (Wildman–Crippen MR) is 78.9 cm³/mol. The summed E-state index contributed by atoms with van der Waals surface area (Å²) in [4.78, 5) is 2.28. The van der Waals surface area contributed by atoms with Crippen LogP contribution < -0.4 is 5.32 Å². The highest BCUT2D eigenvalue weighted by Gasteiger charge is 2.31. The van der Waals surface area contributed by atoms with Crippen LogP contribution in [0.3, 0.4) is 0 Å². The summed E-state index contributed by atoms with van der Waals surface area (Å²) in [6.07, 6.45) is 13.3. The van der Waals surface area contributed by atoms with Crippen LogP contribution in [0.4, 0.5) is 0 Å². The first kappa shape index (κ1) is 14.3. The molecule has 2 rings (SSSR count). The molecule has 2 unspecified atom stereocenters. The number of hydrogen-bond acceptors (Lipinski definition) is 2. The first-order valence-corrected chi connectivity index (χ1v) is 8.15. The largest absolute Gasteiger partial charge is 0.312 e. The lowest BCUT2D eigenvalue weighted by atomic mass is 9.71. The lowest BCUT2D eigenvalue weighted by Crippen LogP contribution is -2.44. The Balaban J connectivity index is 1.80. The molecule has 2 heteroatoms. The Morgan fingerprint density at radius 2 is 1.56 bits per heavy atom. The lowest BCUT2D eigenvalue weighted by Gasteiger charge is -2.39. The molecule has 0 heterocycles. The fourth-order valence-corrected chi connectivity index (χ4v) is 4.01. The highest BCUT2D eigenvalue weighted by atomic mass is 15.1. The van der Waals surface area contributed by atoms with E-state index in [4.69, 9.17) is 0 Å². The van der Waals surface area contributed by atoms with Gasteiger partial charge in [0.1, 0.15) is 0 Å². The smallest absolute Gasteiger partial charge is 0.0101 e. The SMILES string of the molecule is CN(C)CCNC1CCCCC1C1CCCCC1. The Kier molecular flexibility index (Phi) is 5.97. The Morgan fingerprint density at radius 1 is 0.889 bits per heavy atom. The van der Waals surface area contributed by atoms with E-state index in [1.807, 2.05) is 0 Å². The first-order valence-electron chi connectivity index (χ1n) is 8.15. The van der Waals surface area contributed by atoms with Crippen molar-refractivity contribution in [3.8, 4) is 0 Å². The predicted octanol–water partition coefficient (Wildman–Crippen LogP) is 3.28. The van der Waals surface area contributed by atoms with Crippen molar-refractivity contribution >= 4 is 0 Å². The van der Waals surface area contributed by atoms with Crippen molar-refractivity contribution < 1.29 is 0 Å². The maximum atomic E-state index is 3.86. The molecule has 2 saturated carbocycles. The summed E-state index contributed by atoms with van der Waals surface area (Å²) < 4.78 is 0. The molecule has 2 nitrogen and oxygen atoms in total. The minimum absolute atomic E-state index is 0.821. The third-order valence-corrected chi connectivity index (χ3v) is 5.04. The van der Waals surface area contributed by atoms with Gasteiger partial charge in [-0.2, -0.15) is 0 Å². The molecule has 0 aromatic carbocycles. The fraction of sp³-hybridized carbons (Fsp3) is 1.00. The molecule has 18 heavy (non-hydrogen) atoms. The van der Waals surface area contributed by atoms with Crippen molar-refractivity contribution in [1.29, 1.82) is 0 Å². The standard InChI is InChI=1S/C16H32N2/c1-18(2)13-12-17-16-11-7-6-10-15(16)14-8-4-3-5-9-14/h14-17H,3-13H2,1-2H3. The molecule has 0 saturated heterocycles. The highest BCUT2D eigenvalue weighted by Crippen LogP contribution is 2.38. The summed E-state index contributed by atoms with van der Waals surface area (Å²) in [5, 5.41) is 3.86. The van der Waals surface area contributed by atoms with Crippen LogP contribution in [0, 0.1) is 11.8 Å². The van der Waals surface area contributed by atoms with Crippen molar-refractivity contribution in [1.82, 2.24) is 10.2 Å². The highest BCUT2D eigenvalue weighted by molar-refractivity contribution is 4.87. The lowest BCUT2D eigenvalue weighted by molar-refractivity contribution is 0.148. The van der Waals surface area contributed by atoms with Gasteiger partial charge in [0.2, 0.25) is 0 Å². The molecule has 0 amide bonds. The molecule has 0 radical (unpaired) electrons. The average Bonchev–Trinajstić information content (AvgIpc) is 2.40. The normalized spacial score (nSPS) is 30.8. The second kappa shape index (κ2) is 7.49. The summed E-state index contributed by atoms with van der Waals surface area (Å²) in [5.74, 6) is 2.03. The molecule has 2 atom stereocenters. The van der Waals surface area contributed by atoms with E-state index >= 15 is 0 Å². The summed E-state index contributed by atoms with van der Waals surface area (Å²) in [5.41, 5.74) is 0. The van der Waals surface area contributed by atoms with Crippen LogP contribution in [-0.2, 0) is 0 Å². The Bertz CT molecular complexity index is 221. The second-order valence-corrected chi connectivity index (χ2v) is 6.71. The molecule has 2 aliphatic carbocycles. The van der Waals surface area contributed by atoms with Gasteiger partial charge in [0, 0.05) is 19.1 Å². The van der Waals surface area contributed by atoms with Crippen molar-refractivity contribution in [2.45, 2.75) is 63.8 Å². The molecule has 2 fully saturated rings. The molecule has 0 bridgehead atoms. The van der Waals surface area contributed by atoms with Gasteiger partial charge in [0.05, 0.1) is 0 Å². The van der Waals surface area contributed by atoms with Crippen LogP contribution in [0.15, 0.2) is 0 Å². The van der Waals surface area contributed by atoms with Crippen LogP contribution in [-0.4, -0.2) is 38.1 Å². The molecule has 1 N–H and O–H groups in total. The third-order valence-electron chi connectivity index (χ3n) is 5.04. The number of nitrogens with one attached hydrogen (secondary N) is 1. The third kappa shape index (κ3) is 4.24. The van der Waals surface area contributed by atoms with Crippen LogP contribution >= 0.6 is 0 Å². The van der Waals surface area contributed by atoms with Gasteiger partial charge in [-0.25, -0.2) is 0 Å². The molecule has 0 spiro atoms. The number of nitrogens with zero attached hydrogens (tertiary/aromatic N) is 1. The minimum Gasteiger partial charge on any atom is -0.312 e. The fourth-order valence-electron chi connectivity index (χ4n) is 4.01. The van der Waals surface area contributed by atoms with Crippen molar-refractivity contribution in [3.05, 3.63) is 0 Å². The zero-order valence-corrected chi connectivity index (χ0v) is 12.5. The number of hydrogen-bond donors (Lipinski definition) is 1. The van der Waals surface area contributed by atoms with E-state index in [-0.39, 0.29) is 0 Å². The molecule has 0 aromatic rings. The van der Waals surface area contributed by atoms with Crippen molar-refractivity contribution in [2.24, 2.45) is 11.8 Å². The van der Waals surface area contributed by atoms with Crippen molar-refractivity contribution in [3.63, 3.8) is 0 Å². The molecule has 0 aromatic heterocycles. The van der Waals surface area contributed by atoms with E-state index in [0.717, 1.165) is 17.9 Å². The Hall–Kier alpha value is -0.0800. The monoisotopic (exact) mass is 252 g/mol.